The molecule has 2 N–H and O–H groups in total. The summed E-state index contributed by atoms with van der Waals surface area (Å²) in [7, 11) is 0. The molecule has 0 bridgehead atoms. The second-order valence-corrected chi connectivity index (χ2v) is 4.81. The number of hydrazine groups is 1. The van der Waals surface area contributed by atoms with E-state index in [0.717, 1.165) is 12.8 Å². The fraction of sp³-hybridized carbons (Fsp3) is 0.500. The highest BCUT2D eigenvalue weighted by Gasteiger charge is 2.27. The SMILES string of the molecule is CC(=O)NN[C@H]1CCC[C@@H]1Cc1ccccc1. The van der Waals surface area contributed by atoms with Crippen LogP contribution in [-0.4, -0.2) is 11.9 Å². The molecule has 1 aliphatic carbocycles. The Morgan fingerprint density at radius 3 is 2.76 bits per heavy atom. The van der Waals surface area contributed by atoms with Gasteiger partial charge in [-0.2, -0.15) is 0 Å². The smallest absolute Gasteiger partial charge is 0.230 e. The third-order valence-corrected chi connectivity index (χ3v) is 3.43. The fourth-order valence-electron chi connectivity index (χ4n) is 2.58. The molecular weight excluding hydrogens is 212 g/mol. The summed E-state index contributed by atoms with van der Waals surface area (Å²) >= 11 is 0. The quantitative estimate of drug-likeness (QED) is 0.780. The number of hydrogen-bond acceptors (Lipinski definition) is 2. The van der Waals surface area contributed by atoms with E-state index in [4.69, 9.17) is 0 Å². The molecule has 17 heavy (non-hydrogen) atoms. The van der Waals surface area contributed by atoms with Crippen molar-refractivity contribution in [1.29, 1.82) is 0 Å². The molecule has 0 heterocycles. The summed E-state index contributed by atoms with van der Waals surface area (Å²) in [5.74, 6) is 0.611. The van der Waals surface area contributed by atoms with E-state index < -0.39 is 0 Å². The predicted octanol–water partition coefficient (Wildman–Crippen LogP) is 2.04. The topological polar surface area (TPSA) is 41.1 Å². The zero-order chi connectivity index (χ0) is 12.1. The Labute approximate surface area is 103 Å². The van der Waals surface area contributed by atoms with Crippen LogP contribution in [0.1, 0.15) is 31.7 Å². The first-order valence-corrected chi connectivity index (χ1v) is 6.32. The molecule has 1 fully saturated rings. The van der Waals surface area contributed by atoms with Crippen LogP contribution in [-0.2, 0) is 11.2 Å². The lowest BCUT2D eigenvalue weighted by molar-refractivity contribution is -0.120. The molecular formula is C14H20N2O. The van der Waals surface area contributed by atoms with Gasteiger partial charge in [-0.1, -0.05) is 36.8 Å². The maximum absolute atomic E-state index is 10.9. The molecule has 3 nitrogen and oxygen atoms in total. The molecule has 3 heteroatoms. The molecule has 0 spiro atoms. The molecule has 0 aliphatic heterocycles. The summed E-state index contributed by atoms with van der Waals surface area (Å²) in [6.07, 6.45) is 4.73. The number of carbonyl (C=O) groups excluding carboxylic acids is 1. The Balaban J connectivity index is 1.89. The Kier molecular flexibility index (Phi) is 4.15. The first-order chi connectivity index (χ1) is 8.25. The van der Waals surface area contributed by atoms with Crippen LogP contribution in [0, 0.1) is 5.92 Å². The molecule has 92 valence electrons. The van der Waals surface area contributed by atoms with Crippen LogP contribution in [0.15, 0.2) is 30.3 Å². The highest BCUT2D eigenvalue weighted by molar-refractivity contribution is 5.72. The Bertz CT molecular complexity index is 364. The van der Waals surface area contributed by atoms with E-state index in [1.54, 1.807) is 0 Å². The molecule has 2 atom stereocenters. The average Bonchev–Trinajstić information content (AvgIpc) is 2.75. The van der Waals surface area contributed by atoms with E-state index in [9.17, 15) is 4.79 Å². The van der Waals surface area contributed by atoms with Crippen LogP contribution in [0.4, 0.5) is 0 Å². The van der Waals surface area contributed by atoms with Crippen LogP contribution in [0.3, 0.4) is 0 Å². The van der Waals surface area contributed by atoms with Gasteiger partial charge in [0.25, 0.3) is 0 Å². The zero-order valence-corrected chi connectivity index (χ0v) is 10.3. The lowest BCUT2D eigenvalue weighted by atomic mass is 9.95. The highest BCUT2D eigenvalue weighted by atomic mass is 16.2. The van der Waals surface area contributed by atoms with Crippen molar-refractivity contribution in [3.8, 4) is 0 Å². The first kappa shape index (κ1) is 12.1. The minimum absolute atomic E-state index is 0.0182. The van der Waals surface area contributed by atoms with Crippen LogP contribution < -0.4 is 10.9 Å². The van der Waals surface area contributed by atoms with Crippen molar-refractivity contribution in [1.82, 2.24) is 10.9 Å². The molecule has 0 saturated heterocycles. The summed E-state index contributed by atoms with van der Waals surface area (Å²) < 4.78 is 0. The van der Waals surface area contributed by atoms with Crippen LogP contribution in [0.25, 0.3) is 0 Å². The van der Waals surface area contributed by atoms with Crippen molar-refractivity contribution < 1.29 is 4.79 Å². The lowest BCUT2D eigenvalue weighted by Crippen LogP contribution is -2.45. The van der Waals surface area contributed by atoms with Gasteiger partial charge >= 0.3 is 0 Å². The second-order valence-electron chi connectivity index (χ2n) is 4.81. The van der Waals surface area contributed by atoms with E-state index in [-0.39, 0.29) is 5.91 Å². The maximum Gasteiger partial charge on any atom is 0.230 e. The second kappa shape index (κ2) is 5.82. The third kappa shape index (κ3) is 3.56. The van der Waals surface area contributed by atoms with Crippen LogP contribution in [0.2, 0.25) is 0 Å². The average molecular weight is 232 g/mol. The number of rotatable bonds is 4. The molecule has 0 radical (unpaired) electrons. The lowest BCUT2D eigenvalue weighted by Gasteiger charge is -2.21. The molecule has 2 rings (SSSR count). The Morgan fingerprint density at radius 1 is 1.29 bits per heavy atom. The van der Waals surface area contributed by atoms with Gasteiger partial charge in [-0.25, -0.2) is 5.43 Å². The summed E-state index contributed by atoms with van der Waals surface area (Å²) in [5, 5.41) is 0. The van der Waals surface area contributed by atoms with Gasteiger partial charge in [-0.05, 0) is 30.7 Å². The summed E-state index contributed by atoms with van der Waals surface area (Å²) in [4.78, 5) is 10.9. The van der Waals surface area contributed by atoms with Crippen LogP contribution in [0.5, 0.6) is 0 Å². The van der Waals surface area contributed by atoms with Gasteiger partial charge in [0.1, 0.15) is 0 Å². The van der Waals surface area contributed by atoms with Crippen molar-refractivity contribution in [2.24, 2.45) is 5.92 Å². The van der Waals surface area contributed by atoms with E-state index in [1.807, 2.05) is 6.07 Å². The van der Waals surface area contributed by atoms with Crippen molar-refractivity contribution in [2.75, 3.05) is 0 Å². The molecule has 1 saturated carbocycles. The molecule has 1 aromatic carbocycles. The van der Waals surface area contributed by atoms with Gasteiger partial charge in [0.05, 0.1) is 0 Å². The summed E-state index contributed by atoms with van der Waals surface area (Å²) in [5.41, 5.74) is 7.25. The van der Waals surface area contributed by atoms with Gasteiger partial charge in [0, 0.05) is 13.0 Å². The van der Waals surface area contributed by atoms with Gasteiger partial charge < -0.3 is 0 Å². The standard InChI is InChI=1S/C14H20N2O/c1-11(17)15-16-14-9-5-8-13(14)10-12-6-3-2-4-7-12/h2-4,6-7,13-14,16H,5,8-10H2,1H3,(H,15,17)/t13-,14+/m1/s1. The molecule has 0 unspecified atom stereocenters. The largest absolute Gasteiger partial charge is 0.292 e. The maximum atomic E-state index is 10.9. The minimum atomic E-state index is -0.0182. The molecule has 1 amide bonds. The molecule has 0 aromatic heterocycles. The van der Waals surface area contributed by atoms with E-state index in [1.165, 1.54) is 25.3 Å². The zero-order valence-electron chi connectivity index (χ0n) is 10.3. The first-order valence-electron chi connectivity index (χ1n) is 6.32. The third-order valence-electron chi connectivity index (χ3n) is 3.43. The normalized spacial score (nSPS) is 23.6. The molecule has 1 aromatic rings. The Hall–Kier alpha value is -1.35. The number of amides is 1. The van der Waals surface area contributed by atoms with Gasteiger partial charge in [-0.15, -0.1) is 0 Å². The highest BCUT2D eigenvalue weighted by Crippen LogP contribution is 2.28. The van der Waals surface area contributed by atoms with Crippen molar-refractivity contribution in [3.05, 3.63) is 35.9 Å². The predicted molar refractivity (Wildman–Crippen MR) is 68.2 cm³/mol. The fourth-order valence-corrected chi connectivity index (χ4v) is 2.58. The van der Waals surface area contributed by atoms with Gasteiger partial charge in [-0.3, -0.25) is 10.2 Å². The summed E-state index contributed by atoms with van der Waals surface area (Å²) in [6, 6.07) is 11.0. The number of carbonyl (C=O) groups is 1. The van der Waals surface area contributed by atoms with E-state index >= 15 is 0 Å². The molecule has 1 aliphatic rings. The van der Waals surface area contributed by atoms with Crippen molar-refractivity contribution >= 4 is 5.91 Å². The Morgan fingerprint density at radius 2 is 2.06 bits per heavy atom. The number of nitrogens with one attached hydrogen (secondary N) is 2. The number of hydrogen-bond donors (Lipinski definition) is 2. The summed E-state index contributed by atoms with van der Waals surface area (Å²) in [6.45, 7) is 1.54. The van der Waals surface area contributed by atoms with Gasteiger partial charge in [0.15, 0.2) is 0 Å². The van der Waals surface area contributed by atoms with E-state index in [2.05, 4.69) is 35.1 Å². The van der Waals surface area contributed by atoms with Crippen molar-refractivity contribution in [2.45, 2.75) is 38.6 Å². The van der Waals surface area contributed by atoms with Crippen molar-refractivity contribution in [3.63, 3.8) is 0 Å². The number of benzene rings is 1. The van der Waals surface area contributed by atoms with Gasteiger partial charge in [0.2, 0.25) is 5.91 Å². The van der Waals surface area contributed by atoms with E-state index in [0.29, 0.717) is 12.0 Å². The van der Waals surface area contributed by atoms with Crippen LogP contribution >= 0.6 is 0 Å². The monoisotopic (exact) mass is 232 g/mol. The minimum Gasteiger partial charge on any atom is -0.292 e.